The van der Waals surface area contributed by atoms with Crippen molar-refractivity contribution in [1.82, 2.24) is 4.90 Å². The quantitative estimate of drug-likeness (QED) is 0.380. The molecule has 0 bridgehead atoms. The number of Topliss-reactive ketones (excluding diaryl/α,β-unsaturated/α-hetero) is 1. The number of benzene rings is 2. The molecule has 0 aromatic heterocycles. The summed E-state index contributed by atoms with van der Waals surface area (Å²) in [5.74, 6) is -1.99. The molecule has 0 aliphatic carbocycles. The average Bonchev–Trinajstić information content (AvgIpc) is 3.02. The Morgan fingerprint density at radius 3 is 2.26 bits per heavy atom. The van der Waals surface area contributed by atoms with Gasteiger partial charge in [-0.25, -0.2) is 4.79 Å². The van der Waals surface area contributed by atoms with E-state index in [-0.39, 0.29) is 30.2 Å². The summed E-state index contributed by atoms with van der Waals surface area (Å²) in [6.07, 6.45) is 0.205. The summed E-state index contributed by atoms with van der Waals surface area (Å²) in [7, 11) is 0. The summed E-state index contributed by atoms with van der Waals surface area (Å²) < 4.78 is 5.28. The molecule has 160 valence electrons. The molecule has 0 saturated heterocycles. The highest BCUT2D eigenvalue weighted by Crippen LogP contribution is 2.18. The van der Waals surface area contributed by atoms with E-state index in [9.17, 15) is 19.2 Å². The predicted molar refractivity (Wildman–Crippen MR) is 112 cm³/mol. The van der Waals surface area contributed by atoms with E-state index in [1.54, 1.807) is 24.3 Å². The number of esters is 1. The van der Waals surface area contributed by atoms with E-state index < -0.39 is 23.9 Å². The standard InChI is InChI=1S/C23H22N2O6/c1-14-3-5-16(6-4-14)21(28)15(2)31-23(30)17-7-9-18(10-8-17)24-19-13-20(27)25(11-12-26)22(19)29/h3-10,13,15,24,26H,11-12H2,1-2H3. The molecule has 3 rings (SSSR count). The van der Waals surface area contributed by atoms with Gasteiger partial charge in [-0.3, -0.25) is 19.3 Å². The van der Waals surface area contributed by atoms with Crippen LogP contribution >= 0.6 is 0 Å². The van der Waals surface area contributed by atoms with Crippen LogP contribution in [0.4, 0.5) is 5.69 Å². The molecule has 0 saturated carbocycles. The summed E-state index contributed by atoms with van der Waals surface area (Å²) in [4.78, 5) is 49.7. The third kappa shape index (κ3) is 5.04. The van der Waals surface area contributed by atoms with Gasteiger partial charge in [0, 0.05) is 17.3 Å². The number of nitrogens with zero attached hydrogens (tertiary/aromatic N) is 1. The van der Waals surface area contributed by atoms with Crippen LogP contribution in [0.5, 0.6) is 0 Å². The Morgan fingerprint density at radius 2 is 1.65 bits per heavy atom. The molecule has 1 heterocycles. The molecular formula is C23H22N2O6. The van der Waals surface area contributed by atoms with Gasteiger partial charge in [0.05, 0.1) is 18.7 Å². The van der Waals surface area contributed by atoms with Crippen LogP contribution in [0.2, 0.25) is 0 Å². The van der Waals surface area contributed by atoms with Crippen LogP contribution in [-0.4, -0.2) is 52.8 Å². The lowest BCUT2D eigenvalue weighted by molar-refractivity contribution is -0.137. The molecule has 1 unspecified atom stereocenters. The highest BCUT2D eigenvalue weighted by Gasteiger charge is 2.30. The van der Waals surface area contributed by atoms with Gasteiger partial charge in [-0.1, -0.05) is 29.8 Å². The van der Waals surface area contributed by atoms with E-state index in [1.807, 2.05) is 19.1 Å². The number of hydrogen-bond acceptors (Lipinski definition) is 7. The highest BCUT2D eigenvalue weighted by atomic mass is 16.5. The van der Waals surface area contributed by atoms with Gasteiger partial charge in [0.25, 0.3) is 11.8 Å². The highest BCUT2D eigenvalue weighted by molar-refractivity contribution is 6.17. The normalized spacial score (nSPS) is 14.3. The maximum Gasteiger partial charge on any atom is 0.338 e. The number of aliphatic hydroxyl groups is 1. The number of aliphatic hydroxyl groups excluding tert-OH is 1. The van der Waals surface area contributed by atoms with Crippen molar-refractivity contribution in [3.63, 3.8) is 0 Å². The fourth-order valence-corrected chi connectivity index (χ4v) is 2.99. The topological polar surface area (TPSA) is 113 Å². The van der Waals surface area contributed by atoms with Crippen molar-refractivity contribution in [2.24, 2.45) is 0 Å². The van der Waals surface area contributed by atoms with Crippen molar-refractivity contribution >= 4 is 29.3 Å². The first-order chi connectivity index (χ1) is 14.8. The number of anilines is 1. The lowest BCUT2D eigenvalue weighted by Gasteiger charge is -2.14. The summed E-state index contributed by atoms with van der Waals surface area (Å²) in [5, 5.41) is 11.8. The number of hydrogen-bond donors (Lipinski definition) is 2. The minimum atomic E-state index is -0.946. The molecule has 8 heteroatoms. The number of carbonyl (C=O) groups excluding carboxylic acids is 4. The molecule has 2 aromatic rings. The Labute approximate surface area is 179 Å². The van der Waals surface area contributed by atoms with Gasteiger partial charge in [-0.05, 0) is 38.1 Å². The smallest absolute Gasteiger partial charge is 0.338 e. The van der Waals surface area contributed by atoms with Crippen LogP contribution in [0.1, 0.15) is 33.2 Å². The second kappa shape index (κ2) is 9.36. The zero-order chi connectivity index (χ0) is 22.5. The van der Waals surface area contributed by atoms with Crippen LogP contribution in [0.15, 0.2) is 60.3 Å². The van der Waals surface area contributed by atoms with Crippen LogP contribution in [0.3, 0.4) is 0 Å². The van der Waals surface area contributed by atoms with E-state index in [4.69, 9.17) is 9.84 Å². The molecule has 2 amide bonds. The van der Waals surface area contributed by atoms with E-state index in [0.29, 0.717) is 11.3 Å². The molecule has 0 radical (unpaired) electrons. The minimum Gasteiger partial charge on any atom is -0.451 e. The van der Waals surface area contributed by atoms with Gasteiger partial charge in [-0.2, -0.15) is 0 Å². The van der Waals surface area contributed by atoms with Crippen LogP contribution in [0, 0.1) is 6.92 Å². The monoisotopic (exact) mass is 422 g/mol. The number of amides is 2. The molecule has 8 nitrogen and oxygen atoms in total. The molecule has 1 aliphatic rings. The molecule has 0 spiro atoms. The van der Waals surface area contributed by atoms with E-state index in [2.05, 4.69) is 5.32 Å². The summed E-state index contributed by atoms with van der Waals surface area (Å²) in [5.41, 5.74) is 2.28. The largest absolute Gasteiger partial charge is 0.451 e. The van der Waals surface area contributed by atoms with Crippen molar-refractivity contribution in [3.05, 3.63) is 77.0 Å². The van der Waals surface area contributed by atoms with Gasteiger partial charge < -0.3 is 15.2 Å². The van der Waals surface area contributed by atoms with Crippen LogP contribution in [-0.2, 0) is 14.3 Å². The molecule has 31 heavy (non-hydrogen) atoms. The number of aryl methyl sites for hydroxylation is 1. The van der Waals surface area contributed by atoms with E-state index >= 15 is 0 Å². The first-order valence-electron chi connectivity index (χ1n) is 9.67. The lowest BCUT2D eigenvalue weighted by atomic mass is 10.1. The summed E-state index contributed by atoms with van der Waals surface area (Å²) in [6.45, 7) is 3.03. The Morgan fingerprint density at radius 1 is 1.03 bits per heavy atom. The zero-order valence-electron chi connectivity index (χ0n) is 17.1. The van der Waals surface area contributed by atoms with Gasteiger partial charge >= 0.3 is 5.97 Å². The van der Waals surface area contributed by atoms with Gasteiger partial charge in [-0.15, -0.1) is 0 Å². The van der Waals surface area contributed by atoms with Crippen molar-refractivity contribution in [2.75, 3.05) is 18.5 Å². The minimum absolute atomic E-state index is 0.0751. The average molecular weight is 422 g/mol. The number of rotatable bonds is 8. The zero-order valence-corrected chi connectivity index (χ0v) is 17.1. The third-order valence-corrected chi connectivity index (χ3v) is 4.72. The lowest BCUT2D eigenvalue weighted by Crippen LogP contribution is -2.34. The van der Waals surface area contributed by atoms with Gasteiger partial charge in [0.1, 0.15) is 5.70 Å². The maximum atomic E-state index is 12.4. The Kier molecular flexibility index (Phi) is 6.61. The number of carbonyl (C=O) groups is 4. The number of imide groups is 1. The third-order valence-electron chi connectivity index (χ3n) is 4.72. The number of ether oxygens (including phenoxy) is 1. The summed E-state index contributed by atoms with van der Waals surface area (Å²) in [6, 6.07) is 13.1. The maximum absolute atomic E-state index is 12.4. The van der Waals surface area contributed by atoms with Gasteiger partial charge in [0.2, 0.25) is 5.78 Å². The van der Waals surface area contributed by atoms with Gasteiger partial charge in [0.15, 0.2) is 6.10 Å². The Balaban J connectivity index is 1.61. The second-order valence-corrected chi connectivity index (χ2v) is 7.06. The van der Waals surface area contributed by atoms with Crippen LogP contribution in [0.25, 0.3) is 0 Å². The SMILES string of the molecule is Cc1ccc(C(=O)C(C)OC(=O)c2ccc(NC3=CC(=O)N(CCO)C3=O)cc2)cc1. The predicted octanol–water partition coefficient (Wildman–Crippen LogP) is 2.08. The molecular weight excluding hydrogens is 400 g/mol. The first kappa shape index (κ1) is 21.9. The number of β-amino-alcohol motifs (C(OH)–C–C–N with tert-alkyl or cyclic N) is 1. The van der Waals surface area contributed by atoms with E-state index in [1.165, 1.54) is 19.1 Å². The molecule has 1 aliphatic heterocycles. The number of nitrogens with one attached hydrogen (secondary N) is 1. The molecule has 2 aromatic carbocycles. The van der Waals surface area contributed by atoms with Crippen LogP contribution < -0.4 is 5.32 Å². The van der Waals surface area contributed by atoms with E-state index in [0.717, 1.165) is 16.5 Å². The number of ketones is 1. The fraction of sp³-hybridized carbons (Fsp3) is 0.217. The van der Waals surface area contributed by atoms with Crippen molar-refractivity contribution in [2.45, 2.75) is 20.0 Å². The van der Waals surface area contributed by atoms with Crippen molar-refractivity contribution in [1.29, 1.82) is 0 Å². The summed E-state index contributed by atoms with van der Waals surface area (Å²) >= 11 is 0. The Hall–Kier alpha value is -3.78. The molecule has 0 fully saturated rings. The molecule has 1 atom stereocenters. The van der Waals surface area contributed by atoms with Crippen molar-refractivity contribution < 1.29 is 29.0 Å². The molecule has 2 N–H and O–H groups in total. The first-order valence-corrected chi connectivity index (χ1v) is 9.67. The Bertz CT molecular complexity index is 1040. The fourth-order valence-electron chi connectivity index (χ4n) is 2.99. The second-order valence-electron chi connectivity index (χ2n) is 7.06. The van der Waals surface area contributed by atoms with Crippen molar-refractivity contribution in [3.8, 4) is 0 Å².